The van der Waals surface area contributed by atoms with Gasteiger partial charge < -0.3 is 13.7 Å². The van der Waals surface area contributed by atoms with E-state index in [4.69, 9.17) is 8.83 Å². The fourth-order valence-electron chi connectivity index (χ4n) is 11.7. The molecule has 3 aromatic heterocycles. The van der Waals surface area contributed by atoms with Crippen molar-refractivity contribution in [1.29, 1.82) is 0 Å². The largest absolute Gasteiger partial charge is 0.456 e. The van der Waals surface area contributed by atoms with Crippen LogP contribution in [0.3, 0.4) is 0 Å². The number of hydrogen-bond acceptors (Lipinski definition) is 4. The summed E-state index contributed by atoms with van der Waals surface area (Å²) in [4.78, 5) is 4.19. The molecule has 0 bridgehead atoms. The molecule has 0 spiro atoms. The number of thiophene rings is 1. The number of fused-ring (bicyclic) bond motifs is 9. The van der Waals surface area contributed by atoms with Crippen molar-refractivity contribution in [2.45, 2.75) is 62.8 Å². The van der Waals surface area contributed by atoms with Gasteiger partial charge in [0.05, 0.1) is 6.04 Å². The molecule has 316 valence electrons. The predicted octanol–water partition coefficient (Wildman–Crippen LogP) is 17.0. The van der Waals surface area contributed by atoms with E-state index in [9.17, 15) is 0 Å². The molecule has 0 saturated carbocycles. The first-order valence-corrected chi connectivity index (χ1v) is 24.3. The molecule has 0 radical (unpaired) electrons. The Labute approximate surface area is 383 Å². The fraction of sp³-hybridized carbons (Fsp3) is 0.180. The molecule has 0 amide bonds. The van der Waals surface area contributed by atoms with Crippen LogP contribution in [0.1, 0.15) is 77.5 Å². The lowest BCUT2D eigenvalue weighted by molar-refractivity contribution is 0.434. The summed E-state index contributed by atoms with van der Waals surface area (Å²) in [5, 5.41) is 5.96. The van der Waals surface area contributed by atoms with E-state index in [0.29, 0.717) is 17.8 Å². The van der Waals surface area contributed by atoms with Crippen LogP contribution in [-0.2, 0) is 6.42 Å². The minimum absolute atomic E-state index is 0.195. The third-order valence-corrected chi connectivity index (χ3v) is 16.1. The monoisotopic (exact) mass is 859 g/mol. The van der Waals surface area contributed by atoms with Crippen LogP contribution in [0.4, 0.5) is 5.69 Å². The topological polar surface area (TPSA) is 29.5 Å². The fourth-order valence-corrected chi connectivity index (χ4v) is 13.1. The van der Waals surface area contributed by atoms with Crippen molar-refractivity contribution < 1.29 is 8.83 Å². The van der Waals surface area contributed by atoms with Gasteiger partial charge in [0.25, 0.3) is 0 Å². The van der Waals surface area contributed by atoms with Gasteiger partial charge in [-0.25, -0.2) is 0 Å². The summed E-state index contributed by atoms with van der Waals surface area (Å²) in [6.07, 6.45) is 17.9. The second-order valence-electron chi connectivity index (χ2n) is 18.6. The summed E-state index contributed by atoms with van der Waals surface area (Å²) in [7, 11) is 0. The number of allylic oxidation sites excluding steroid dienone is 4. The van der Waals surface area contributed by atoms with Crippen molar-refractivity contribution in [2.75, 3.05) is 4.90 Å². The van der Waals surface area contributed by atoms with Crippen LogP contribution in [0, 0.1) is 5.92 Å². The smallest absolute Gasteiger partial charge is 0.144 e. The second kappa shape index (κ2) is 15.7. The Morgan fingerprint density at radius 3 is 2.22 bits per heavy atom. The molecule has 3 heterocycles. The number of nitrogens with zero attached hydrogens (tertiary/aromatic N) is 1. The lowest BCUT2D eigenvalue weighted by Crippen LogP contribution is -2.37. The molecule has 4 heteroatoms. The molecule has 13 rings (SSSR count). The summed E-state index contributed by atoms with van der Waals surface area (Å²) < 4.78 is 15.0. The lowest BCUT2D eigenvalue weighted by atomic mass is 9.77. The highest BCUT2D eigenvalue weighted by molar-refractivity contribution is 7.19. The van der Waals surface area contributed by atoms with E-state index in [1.54, 1.807) is 10.4 Å². The van der Waals surface area contributed by atoms with Gasteiger partial charge in [-0.15, -0.1) is 11.3 Å². The van der Waals surface area contributed by atoms with Gasteiger partial charge in [0.15, 0.2) is 0 Å². The van der Waals surface area contributed by atoms with Crippen molar-refractivity contribution in [2.24, 2.45) is 5.92 Å². The molecule has 0 aliphatic heterocycles. The van der Waals surface area contributed by atoms with Gasteiger partial charge in [0.2, 0.25) is 0 Å². The Morgan fingerprint density at radius 1 is 0.631 bits per heavy atom. The quantitative estimate of drug-likeness (QED) is 0.150. The average Bonchev–Trinajstić information content (AvgIpc) is 4.06. The lowest BCUT2D eigenvalue weighted by Gasteiger charge is -2.39. The molecule has 7 aromatic carbocycles. The predicted molar refractivity (Wildman–Crippen MR) is 272 cm³/mol. The maximum Gasteiger partial charge on any atom is 0.144 e. The van der Waals surface area contributed by atoms with Crippen LogP contribution >= 0.6 is 11.3 Å². The maximum atomic E-state index is 6.97. The zero-order valence-electron chi connectivity index (χ0n) is 36.5. The van der Waals surface area contributed by atoms with Crippen LogP contribution in [-0.4, -0.2) is 6.04 Å². The van der Waals surface area contributed by atoms with Gasteiger partial charge >= 0.3 is 0 Å². The van der Waals surface area contributed by atoms with Crippen molar-refractivity contribution >= 4 is 71.0 Å². The molecule has 5 atom stereocenters. The number of hydrogen-bond donors (Lipinski definition) is 0. The Bertz CT molecular complexity index is 3510. The molecule has 5 unspecified atom stereocenters. The summed E-state index contributed by atoms with van der Waals surface area (Å²) in [5.41, 5.74) is 14.1. The van der Waals surface area contributed by atoms with Gasteiger partial charge in [-0.2, -0.15) is 0 Å². The minimum atomic E-state index is 0.195. The highest BCUT2D eigenvalue weighted by atomic mass is 32.1. The molecular weight excluding hydrogens is 811 g/mol. The van der Waals surface area contributed by atoms with Crippen molar-refractivity contribution in [1.82, 2.24) is 0 Å². The molecule has 3 aliphatic carbocycles. The van der Waals surface area contributed by atoms with Crippen molar-refractivity contribution in [3.05, 3.63) is 221 Å². The molecule has 3 nitrogen and oxygen atoms in total. The number of benzene rings is 7. The number of para-hydroxylation sites is 1. The third-order valence-electron chi connectivity index (χ3n) is 14.8. The summed E-state index contributed by atoms with van der Waals surface area (Å²) in [6, 6.07) is 57.7. The minimum Gasteiger partial charge on any atom is -0.456 e. The van der Waals surface area contributed by atoms with Crippen LogP contribution in [0.15, 0.2) is 203 Å². The van der Waals surface area contributed by atoms with E-state index in [-0.39, 0.29) is 12.0 Å². The number of aryl methyl sites for hydroxylation is 1. The van der Waals surface area contributed by atoms with Crippen LogP contribution in [0.25, 0.3) is 65.1 Å². The Balaban J connectivity index is 0.886. The molecule has 0 fully saturated rings. The summed E-state index contributed by atoms with van der Waals surface area (Å²) in [5.74, 6) is 1.41. The van der Waals surface area contributed by atoms with E-state index < -0.39 is 0 Å². The van der Waals surface area contributed by atoms with E-state index in [0.717, 1.165) is 62.5 Å². The first-order valence-electron chi connectivity index (χ1n) is 23.5. The number of rotatable bonds is 7. The maximum absolute atomic E-state index is 6.97. The van der Waals surface area contributed by atoms with Crippen LogP contribution in [0.5, 0.6) is 0 Å². The molecule has 65 heavy (non-hydrogen) atoms. The highest BCUT2D eigenvalue weighted by Crippen LogP contribution is 2.49. The second-order valence-corrected chi connectivity index (χ2v) is 19.7. The van der Waals surface area contributed by atoms with Crippen LogP contribution < -0.4 is 4.90 Å². The standard InChI is InChI=1S/C61H49NO2S/c1-38-36-45(34-35-46(38)49-21-13-24-54-58(49)52-37-55-59(51-19-8-10-23-53(51)63-55)57(60(52)64-54)42-16-6-3-7-17-42)62(43-30-26-40(27-31-43)39-14-4-2-5-15-39)44-32-28-41(29-33-44)47-20-12-22-50-48-18-9-11-25-56(48)65-61(47)50/h2-11,13-19,21,23-26,28-35,37-38,40,45-47H,12,20,22,27,36H2,1H3. The number of anilines is 1. The van der Waals surface area contributed by atoms with E-state index in [2.05, 4.69) is 194 Å². The van der Waals surface area contributed by atoms with Crippen molar-refractivity contribution in [3.63, 3.8) is 0 Å². The van der Waals surface area contributed by atoms with Gasteiger partial charge in [-0.05, 0) is 114 Å². The zero-order chi connectivity index (χ0) is 43.0. The average molecular weight is 860 g/mol. The summed E-state index contributed by atoms with van der Waals surface area (Å²) in [6.45, 7) is 2.44. The highest BCUT2D eigenvalue weighted by Gasteiger charge is 2.33. The molecule has 0 N–H and O–H groups in total. The van der Waals surface area contributed by atoms with Gasteiger partial charge in [-0.1, -0.05) is 153 Å². The molecule has 3 aliphatic rings. The summed E-state index contributed by atoms with van der Waals surface area (Å²) >= 11 is 2.01. The SMILES string of the molecule is CC1CC(N(C2=CCC(c3ccccc3)C=C2)c2ccc(C3CCCc4c3sc3ccccc43)cc2)C=CC1c1cccc2oc3c(-c4ccccc4)c4c(cc3c12)oc1ccccc14. The van der Waals surface area contributed by atoms with Gasteiger partial charge in [0, 0.05) is 65.8 Å². The molecule has 10 aromatic rings. The first-order chi connectivity index (χ1) is 32.1. The normalized spacial score (nSPS) is 20.8. The Morgan fingerprint density at radius 2 is 1.40 bits per heavy atom. The zero-order valence-corrected chi connectivity index (χ0v) is 37.3. The van der Waals surface area contributed by atoms with Crippen molar-refractivity contribution in [3.8, 4) is 11.1 Å². The van der Waals surface area contributed by atoms with E-state index in [1.807, 2.05) is 17.4 Å². The third kappa shape index (κ3) is 6.44. The van der Waals surface area contributed by atoms with Crippen LogP contribution in [0.2, 0.25) is 0 Å². The molecular formula is C61H49NO2S. The number of furan rings is 2. The van der Waals surface area contributed by atoms with E-state index in [1.165, 1.54) is 62.8 Å². The first kappa shape index (κ1) is 38.6. The van der Waals surface area contributed by atoms with Gasteiger partial charge in [-0.3, -0.25) is 0 Å². The van der Waals surface area contributed by atoms with Gasteiger partial charge in [0.1, 0.15) is 22.3 Å². The Hall–Kier alpha value is -6.88. The molecule has 0 saturated heterocycles. The van der Waals surface area contributed by atoms with E-state index >= 15 is 0 Å². The Kier molecular flexibility index (Phi) is 9.30.